The third-order valence-electron chi connectivity index (χ3n) is 3.92. The summed E-state index contributed by atoms with van der Waals surface area (Å²) in [5.74, 6) is 0. The van der Waals surface area contributed by atoms with Gasteiger partial charge in [-0.1, -0.05) is 24.6 Å². The molecule has 0 bridgehead atoms. The van der Waals surface area contributed by atoms with Crippen LogP contribution in [0.25, 0.3) is 0 Å². The van der Waals surface area contributed by atoms with E-state index in [1.807, 2.05) is 18.2 Å². The number of nitrogen functional groups attached to an aromatic ring is 1. The van der Waals surface area contributed by atoms with Gasteiger partial charge in [-0.15, -0.1) is 0 Å². The average molecular weight is 248 g/mol. The molecular weight excluding hydrogens is 224 g/mol. The first-order chi connectivity index (χ1) is 8.81. The maximum Gasteiger partial charge on any atom is 0.0443 e. The molecule has 0 radical (unpaired) electrons. The van der Waals surface area contributed by atoms with Crippen molar-refractivity contribution in [2.45, 2.75) is 38.1 Å². The predicted molar refractivity (Wildman–Crippen MR) is 75.5 cm³/mol. The van der Waals surface area contributed by atoms with Crippen molar-refractivity contribution in [1.82, 2.24) is 4.90 Å². The van der Waals surface area contributed by atoms with Crippen molar-refractivity contribution in [1.29, 1.82) is 0 Å². The molecule has 0 atom stereocenters. The van der Waals surface area contributed by atoms with Gasteiger partial charge in [-0.05, 0) is 37.3 Å². The lowest BCUT2D eigenvalue weighted by atomic mass is 9.91. The van der Waals surface area contributed by atoms with E-state index < -0.39 is 0 Å². The van der Waals surface area contributed by atoms with E-state index in [1.54, 1.807) is 0 Å². The molecule has 0 heterocycles. The van der Waals surface area contributed by atoms with Crippen molar-refractivity contribution in [3.8, 4) is 0 Å². The molecule has 0 aromatic heterocycles. The number of anilines is 1. The van der Waals surface area contributed by atoms with Crippen LogP contribution in [-0.4, -0.2) is 35.7 Å². The van der Waals surface area contributed by atoms with Crippen molar-refractivity contribution in [3.63, 3.8) is 0 Å². The number of nitrogens with zero attached hydrogens (tertiary/aromatic N) is 1. The fourth-order valence-electron chi connectivity index (χ4n) is 2.53. The van der Waals surface area contributed by atoms with Gasteiger partial charge < -0.3 is 10.8 Å². The van der Waals surface area contributed by atoms with Gasteiger partial charge >= 0.3 is 0 Å². The van der Waals surface area contributed by atoms with E-state index in [4.69, 9.17) is 10.8 Å². The Kier molecular flexibility index (Phi) is 5.02. The molecule has 1 saturated carbocycles. The van der Waals surface area contributed by atoms with Crippen LogP contribution in [0, 0.1) is 0 Å². The first-order valence-corrected chi connectivity index (χ1v) is 6.99. The molecule has 0 spiro atoms. The van der Waals surface area contributed by atoms with Crippen molar-refractivity contribution in [3.05, 3.63) is 29.8 Å². The van der Waals surface area contributed by atoms with Crippen LogP contribution in [0.4, 0.5) is 5.69 Å². The second-order valence-electron chi connectivity index (χ2n) is 5.15. The van der Waals surface area contributed by atoms with E-state index in [0.29, 0.717) is 0 Å². The summed E-state index contributed by atoms with van der Waals surface area (Å²) in [7, 11) is 0. The van der Waals surface area contributed by atoms with Crippen molar-refractivity contribution < 1.29 is 5.11 Å². The molecule has 3 N–H and O–H groups in total. The van der Waals surface area contributed by atoms with Crippen LogP contribution in [0.1, 0.15) is 31.2 Å². The first-order valence-electron chi connectivity index (χ1n) is 6.99. The number of aliphatic hydroxyl groups is 1. The summed E-state index contributed by atoms with van der Waals surface area (Å²) in [6, 6.07) is 8.85. The van der Waals surface area contributed by atoms with Gasteiger partial charge in [0.15, 0.2) is 0 Å². The average Bonchev–Trinajstić information content (AvgIpc) is 2.32. The van der Waals surface area contributed by atoms with E-state index in [2.05, 4.69) is 11.0 Å². The van der Waals surface area contributed by atoms with Crippen LogP contribution in [0.3, 0.4) is 0 Å². The molecule has 0 aliphatic heterocycles. The minimum atomic E-state index is 0.288. The van der Waals surface area contributed by atoms with Crippen LogP contribution in [0.2, 0.25) is 0 Å². The molecule has 1 aromatic carbocycles. The minimum Gasteiger partial charge on any atom is -0.399 e. The monoisotopic (exact) mass is 248 g/mol. The lowest BCUT2D eigenvalue weighted by Crippen LogP contribution is -2.42. The van der Waals surface area contributed by atoms with Crippen molar-refractivity contribution in [2.75, 3.05) is 25.4 Å². The second-order valence-corrected chi connectivity index (χ2v) is 5.15. The zero-order valence-electron chi connectivity index (χ0n) is 11.0. The van der Waals surface area contributed by atoms with E-state index in [-0.39, 0.29) is 6.61 Å². The van der Waals surface area contributed by atoms with Gasteiger partial charge in [0.1, 0.15) is 0 Å². The molecule has 3 nitrogen and oxygen atoms in total. The number of benzene rings is 1. The van der Waals surface area contributed by atoms with Gasteiger partial charge in [-0.3, -0.25) is 4.90 Å². The molecule has 0 saturated heterocycles. The smallest absolute Gasteiger partial charge is 0.0443 e. The van der Waals surface area contributed by atoms with Gasteiger partial charge in [0.05, 0.1) is 0 Å². The van der Waals surface area contributed by atoms with Gasteiger partial charge in [0.25, 0.3) is 0 Å². The van der Waals surface area contributed by atoms with Crippen molar-refractivity contribution >= 4 is 5.69 Å². The summed E-state index contributed by atoms with van der Waals surface area (Å²) in [5, 5.41) is 8.97. The highest BCUT2D eigenvalue weighted by atomic mass is 16.3. The Hall–Kier alpha value is -1.06. The standard InChI is InChI=1S/C15H24N2O/c16-15-8-2-1-5-13(15)9-11-17(10-4-12-18)14-6-3-7-14/h1-2,5,8,14,18H,3-4,6-7,9-12,16H2. The molecule has 1 aliphatic rings. The van der Waals surface area contributed by atoms with Crippen LogP contribution < -0.4 is 5.73 Å². The largest absolute Gasteiger partial charge is 0.399 e. The Bertz CT molecular complexity index is 363. The highest BCUT2D eigenvalue weighted by molar-refractivity contribution is 5.46. The molecule has 18 heavy (non-hydrogen) atoms. The number of hydrogen-bond donors (Lipinski definition) is 2. The number of nitrogens with two attached hydrogens (primary N) is 1. The normalized spacial score (nSPS) is 15.9. The molecule has 1 fully saturated rings. The topological polar surface area (TPSA) is 49.5 Å². The van der Waals surface area contributed by atoms with Gasteiger partial charge in [-0.25, -0.2) is 0 Å². The fourth-order valence-corrected chi connectivity index (χ4v) is 2.53. The van der Waals surface area contributed by atoms with Crippen LogP contribution in [0.15, 0.2) is 24.3 Å². The number of para-hydroxylation sites is 1. The van der Waals surface area contributed by atoms with Gasteiger partial charge in [-0.2, -0.15) is 0 Å². The molecule has 0 amide bonds. The first kappa shape index (κ1) is 13.4. The Morgan fingerprint density at radius 1 is 1.22 bits per heavy atom. The lowest BCUT2D eigenvalue weighted by molar-refractivity contribution is 0.118. The predicted octanol–water partition coefficient (Wildman–Crippen LogP) is 2.05. The molecule has 3 heteroatoms. The maximum atomic E-state index is 8.97. The van der Waals surface area contributed by atoms with E-state index in [9.17, 15) is 0 Å². The zero-order chi connectivity index (χ0) is 12.8. The van der Waals surface area contributed by atoms with Crippen LogP contribution in [-0.2, 0) is 6.42 Å². The van der Waals surface area contributed by atoms with E-state index in [0.717, 1.165) is 37.7 Å². The van der Waals surface area contributed by atoms with Gasteiger partial charge in [0, 0.05) is 31.4 Å². The molecule has 2 rings (SSSR count). The highest BCUT2D eigenvalue weighted by Gasteiger charge is 2.24. The molecule has 1 aliphatic carbocycles. The SMILES string of the molecule is Nc1ccccc1CCN(CCCO)C1CCC1. The lowest BCUT2D eigenvalue weighted by Gasteiger charge is -2.37. The molecule has 100 valence electrons. The highest BCUT2D eigenvalue weighted by Crippen LogP contribution is 2.25. The summed E-state index contributed by atoms with van der Waals surface area (Å²) in [6.45, 7) is 2.35. The fraction of sp³-hybridized carbons (Fsp3) is 0.600. The zero-order valence-corrected chi connectivity index (χ0v) is 11.0. The number of rotatable bonds is 7. The summed E-state index contributed by atoms with van der Waals surface area (Å²) in [5.41, 5.74) is 8.11. The van der Waals surface area contributed by atoms with Gasteiger partial charge in [0.2, 0.25) is 0 Å². The molecule has 1 aromatic rings. The Morgan fingerprint density at radius 2 is 2.00 bits per heavy atom. The van der Waals surface area contributed by atoms with E-state index in [1.165, 1.54) is 24.8 Å². The molecular formula is C15H24N2O. The Balaban J connectivity index is 1.86. The number of hydrogen-bond acceptors (Lipinski definition) is 3. The minimum absolute atomic E-state index is 0.288. The summed E-state index contributed by atoms with van der Waals surface area (Å²) in [4.78, 5) is 2.52. The molecule has 0 unspecified atom stereocenters. The number of aliphatic hydroxyl groups excluding tert-OH is 1. The quantitative estimate of drug-likeness (QED) is 0.726. The third-order valence-corrected chi connectivity index (χ3v) is 3.92. The summed E-state index contributed by atoms with van der Waals surface area (Å²) >= 11 is 0. The van der Waals surface area contributed by atoms with Crippen LogP contribution in [0.5, 0.6) is 0 Å². The van der Waals surface area contributed by atoms with E-state index >= 15 is 0 Å². The summed E-state index contributed by atoms with van der Waals surface area (Å²) < 4.78 is 0. The Morgan fingerprint density at radius 3 is 2.61 bits per heavy atom. The van der Waals surface area contributed by atoms with Crippen molar-refractivity contribution in [2.24, 2.45) is 0 Å². The summed E-state index contributed by atoms with van der Waals surface area (Å²) in [6.07, 6.45) is 5.87. The Labute approximate surface area is 110 Å². The third kappa shape index (κ3) is 3.47. The van der Waals surface area contributed by atoms with Crippen LogP contribution >= 0.6 is 0 Å². The maximum absolute atomic E-state index is 8.97. The second kappa shape index (κ2) is 6.76.